The molecule has 4 aromatic rings. The van der Waals surface area contributed by atoms with Crippen LogP contribution in [0.1, 0.15) is 100 Å². The fourth-order valence-electron chi connectivity index (χ4n) is 8.05. The summed E-state index contributed by atoms with van der Waals surface area (Å²) in [5.74, 6) is 0.542. The van der Waals surface area contributed by atoms with E-state index in [0.29, 0.717) is 24.8 Å². The molecule has 1 aromatic carbocycles. The van der Waals surface area contributed by atoms with Crippen LogP contribution in [0.25, 0.3) is 10.4 Å². The molecule has 12 nitrogen and oxygen atoms in total. The van der Waals surface area contributed by atoms with E-state index in [4.69, 9.17) is 4.52 Å². The zero-order chi connectivity index (χ0) is 36.4. The first-order valence-corrected chi connectivity index (χ1v) is 19.8. The molecule has 3 aliphatic heterocycles. The van der Waals surface area contributed by atoms with Gasteiger partial charge < -0.3 is 29.3 Å². The Bertz CT molecular complexity index is 1800. The molecule has 3 saturated heterocycles. The van der Waals surface area contributed by atoms with Crippen molar-refractivity contribution in [3.05, 3.63) is 71.1 Å². The van der Waals surface area contributed by atoms with E-state index in [2.05, 4.69) is 53.1 Å². The molecule has 0 radical (unpaired) electrons. The molecule has 52 heavy (non-hydrogen) atoms. The lowest BCUT2D eigenvalue weighted by molar-refractivity contribution is -0.141. The summed E-state index contributed by atoms with van der Waals surface area (Å²) in [7, 11) is 0. The maximum atomic E-state index is 14.2. The Labute approximate surface area is 310 Å². The SMILES string of the molecule is Cc1ncsc1-c1ccc(C(C)NC(=O)C2CCCN2C(=O)C(c2cc(N3CCC(n4cnc(CN5CCC(O)CC5)c4)CC3)no2)C(C)C)cc1. The van der Waals surface area contributed by atoms with Gasteiger partial charge in [-0.2, -0.15) is 0 Å². The van der Waals surface area contributed by atoms with Crippen LogP contribution in [-0.2, 0) is 16.1 Å². The van der Waals surface area contributed by atoms with Crippen LogP contribution >= 0.6 is 11.3 Å². The predicted molar refractivity (Wildman–Crippen MR) is 201 cm³/mol. The number of nitrogens with one attached hydrogen (secondary N) is 1. The summed E-state index contributed by atoms with van der Waals surface area (Å²) in [5, 5.41) is 17.4. The zero-order valence-electron chi connectivity index (χ0n) is 30.8. The quantitative estimate of drug-likeness (QED) is 0.199. The summed E-state index contributed by atoms with van der Waals surface area (Å²) >= 11 is 1.62. The first kappa shape index (κ1) is 36.3. The van der Waals surface area contributed by atoms with E-state index in [1.54, 1.807) is 16.2 Å². The largest absolute Gasteiger partial charge is 0.393 e. The van der Waals surface area contributed by atoms with Crippen molar-refractivity contribution in [3.63, 3.8) is 0 Å². The number of hydrogen-bond donors (Lipinski definition) is 2. The van der Waals surface area contributed by atoms with Crippen molar-refractivity contribution in [3.8, 4) is 10.4 Å². The zero-order valence-corrected chi connectivity index (χ0v) is 31.6. The van der Waals surface area contributed by atoms with E-state index in [1.807, 2.05) is 57.7 Å². The van der Waals surface area contributed by atoms with Gasteiger partial charge in [-0.25, -0.2) is 9.97 Å². The minimum Gasteiger partial charge on any atom is -0.393 e. The van der Waals surface area contributed by atoms with E-state index in [-0.39, 0.29) is 29.9 Å². The number of rotatable bonds is 11. The fourth-order valence-corrected chi connectivity index (χ4v) is 8.86. The molecule has 0 bridgehead atoms. The van der Waals surface area contributed by atoms with Gasteiger partial charge in [0.05, 0.1) is 40.2 Å². The lowest BCUT2D eigenvalue weighted by Gasteiger charge is -2.32. The fraction of sp³-hybridized carbons (Fsp3) is 0.564. The number of aromatic nitrogens is 4. The maximum absolute atomic E-state index is 14.2. The molecule has 278 valence electrons. The second kappa shape index (κ2) is 15.9. The Morgan fingerprint density at radius 1 is 1.00 bits per heavy atom. The number of aliphatic hydroxyl groups excluding tert-OH is 1. The summed E-state index contributed by atoms with van der Waals surface area (Å²) in [5.41, 5.74) is 6.07. The van der Waals surface area contributed by atoms with Gasteiger partial charge in [0.15, 0.2) is 11.6 Å². The molecule has 3 unspecified atom stereocenters. The van der Waals surface area contributed by atoms with Crippen molar-refractivity contribution in [1.29, 1.82) is 0 Å². The third-order valence-electron chi connectivity index (χ3n) is 11.2. The Kier molecular flexibility index (Phi) is 11.1. The standard InChI is InChI=1S/C39H52N8O4S/c1-25(2)36(39(50)47-15-5-6-33(47)38(49)42-26(3)28-7-9-29(10-8-28)37-27(4)41-24-52-37)34-20-35(43-51-34)45-18-11-31(12-19-45)46-22-30(40-23-46)21-44-16-13-32(48)14-17-44/h7-10,20,22-26,31-33,36,48H,5-6,11-19,21H2,1-4H3,(H,42,49). The van der Waals surface area contributed by atoms with Crippen LogP contribution < -0.4 is 10.2 Å². The molecular formula is C39H52N8O4S. The highest BCUT2D eigenvalue weighted by atomic mass is 32.1. The minimum absolute atomic E-state index is 0.0339. The summed E-state index contributed by atoms with van der Waals surface area (Å²) in [6.45, 7) is 12.9. The van der Waals surface area contributed by atoms with Crippen molar-refractivity contribution in [2.24, 2.45) is 5.92 Å². The molecule has 3 aliphatic rings. The average molecular weight is 729 g/mol. The smallest absolute Gasteiger partial charge is 0.243 e. The molecule has 3 atom stereocenters. The van der Waals surface area contributed by atoms with E-state index in [9.17, 15) is 14.7 Å². The number of hydrogen-bond acceptors (Lipinski definition) is 10. The van der Waals surface area contributed by atoms with Gasteiger partial charge in [0, 0.05) is 57.6 Å². The summed E-state index contributed by atoms with van der Waals surface area (Å²) in [6.07, 6.45) is 8.95. The van der Waals surface area contributed by atoms with E-state index < -0.39 is 12.0 Å². The van der Waals surface area contributed by atoms with E-state index in [1.165, 1.54) is 0 Å². The number of imidazole rings is 1. The number of anilines is 1. The van der Waals surface area contributed by atoms with Gasteiger partial charge in [-0.05, 0) is 69.4 Å². The Hall–Kier alpha value is -4.07. The van der Waals surface area contributed by atoms with Gasteiger partial charge in [0.1, 0.15) is 12.0 Å². The molecule has 0 saturated carbocycles. The van der Waals surface area contributed by atoms with Crippen LogP contribution in [-0.4, -0.2) is 91.3 Å². The molecular weight excluding hydrogens is 677 g/mol. The average Bonchev–Trinajstić information content (AvgIpc) is 3.98. The van der Waals surface area contributed by atoms with E-state index >= 15 is 0 Å². The van der Waals surface area contributed by atoms with Gasteiger partial charge in [-0.1, -0.05) is 43.3 Å². The highest BCUT2D eigenvalue weighted by Crippen LogP contribution is 2.34. The van der Waals surface area contributed by atoms with Gasteiger partial charge in [-0.15, -0.1) is 11.3 Å². The third kappa shape index (κ3) is 7.96. The molecule has 3 fully saturated rings. The number of piperidine rings is 2. The van der Waals surface area contributed by atoms with Crippen molar-refractivity contribution < 1.29 is 19.2 Å². The summed E-state index contributed by atoms with van der Waals surface area (Å²) in [6, 6.07) is 9.83. The Balaban J connectivity index is 0.941. The Morgan fingerprint density at radius 2 is 1.75 bits per heavy atom. The number of amides is 2. The number of carbonyl (C=O) groups is 2. The first-order chi connectivity index (χ1) is 25.1. The molecule has 3 aromatic heterocycles. The first-order valence-electron chi connectivity index (χ1n) is 18.9. The van der Waals surface area contributed by atoms with Crippen LogP contribution in [0, 0.1) is 12.8 Å². The highest BCUT2D eigenvalue weighted by molar-refractivity contribution is 7.13. The minimum atomic E-state index is -0.528. The van der Waals surface area contributed by atoms with Crippen LogP contribution in [0.5, 0.6) is 0 Å². The van der Waals surface area contributed by atoms with Crippen LogP contribution in [0.2, 0.25) is 0 Å². The van der Waals surface area contributed by atoms with Gasteiger partial charge in [-0.3, -0.25) is 14.5 Å². The predicted octanol–water partition coefficient (Wildman–Crippen LogP) is 5.71. The van der Waals surface area contributed by atoms with Crippen molar-refractivity contribution in [2.45, 2.75) is 103 Å². The lowest BCUT2D eigenvalue weighted by Crippen LogP contribution is -2.48. The van der Waals surface area contributed by atoms with E-state index in [0.717, 1.165) is 98.0 Å². The number of aryl methyl sites for hydroxylation is 1. The van der Waals surface area contributed by atoms with Crippen molar-refractivity contribution >= 4 is 29.0 Å². The monoisotopic (exact) mass is 728 g/mol. The van der Waals surface area contributed by atoms with Crippen molar-refractivity contribution in [1.82, 2.24) is 34.8 Å². The molecule has 7 rings (SSSR count). The number of aliphatic hydroxyl groups is 1. The lowest BCUT2D eigenvalue weighted by atomic mass is 9.91. The second-order valence-corrected chi connectivity index (χ2v) is 16.0. The normalized spacial score (nSPS) is 20.5. The molecule has 2 N–H and O–H groups in total. The van der Waals surface area contributed by atoms with Gasteiger partial charge in [0.25, 0.3) is 0 Å². The van der Waals surface area contributed by atoms with Gasteiger partial charge >= 0.3 is 0 Å². The number of likely N-dealkylation sites (tertiary alicyclic amines) is 2. The molecule has 13 heteroatoms. The molecule has 6 heterocycles. The number of benzene rings is 1. The van der Waals surface area contributed by atoms with Gasteiger partial charge in [0.2, 0.25) is 11.8 Å². The van der Waals surface area contributed by atoms with Crippen LogP contribution in [0.3, 0.4) is 0 Å². The topological polar surface area (TPSA) is 133 Å². The third-order valence-corrected chi connectivity index (χ3v) is 12.2. The Morgan fingerprint density at radius 3 is 2.44 bits per heavy atom. The number of nitrogens with zero attached hydrogens (tertiary/aromatic N) is 7. The number of carbonyl (C=O) groups excluding carboxylic acids is 2. The highest BCUT2D eigenvalue weighted by Gasteiger charge is 2.40. The number of thiazole rings is 1. The van der Waals surface area contributed by atoms with Crippen molar-refractivity contribution in [2.75, 3.05) is 37.6 Å². The summed E-state index contributed by atoms with van der Waals surface area (Å²) < 4.78 is 8.15. The van der Waals surface area contributed by atoms with Crippen LogP contribution in [0.15, 0.2) is 52.9 Å². The molecule has 0 aliphatic carbocycles. The molecule has 2 amide bonds. The maximum Gasteiger partial charge on any atom is 0.243 e. The second-order valence-electron chi connectivity index (χ2n) is 15.2. The van der Waals surface area contributed by atoms with Crippen LogP contribution in [0.4, 0.5) is 5.82 Å². The molecule has 0 spiro atoms. The summed E-state index contributed by atoms with van der Waals surface area (Å²) in [4.78, 5) is 44.4.